The maximum absolute atomic E-state index is 13.2. The second-order valence-corrected chi connectivity index (χ2v) is 9.10. The average Bonchev–Trinajstić information content (AvgIpc) is 3.36. The van der Waals surface area contributed by atoms with E-state index in [1.807, 2.05) is 0 Å². The molecule has 0 bridgehead atoms. The van der Waals surface area contributed by atoms with Gasteiger partial charge in [0.2, 0.25) is 5.91 Å². The van der Waals surface area contributed by atoms with Crippen LogP contribution in [-0.4, -0.2) is 35.2 Å². The van der Waals surface area contributed by atoms with Crippen LogP contribution in [0.3, 0.4) is 0 Å². The Morgan fingerprint density at radius 3 is 2.61 bits per heavy atom. The summed E-state index contributed by atoms with van der Waals surface area (Å²) in [6, 6.07) is 6.00. The molecule has 1 aromatic carbocycles. The normalized spacial score (nSPS) is 20.0. The van der Waals surface area contributed by atoms with Crippen LogP contribution in [0.5, 0.6) is 0 Å². The Hall–Kier alpha value is -2.91. The van der Waals surface area contributed by atoms with Gasteiger partial charge in [0, 0.05) is 9.90 Å². The van der Waals surface area contributed by atoms with Crippen LogP contribution in [0, 0.1) is 0 Å². The molecule has 1 atom stereocenters. The number of nitrogens with one attached hydrogen (secondary N) is 2. The van der Waals surface area contributed by atoms with Gasteiger partial charge in [-0.05, 0) is 48.9 Å². The molecule has 1 aliphatic carbocycles. The number of carbonyl (C=O) groups is 4. The fraction of sp³-hybridized carbons (Fsp3) is 0.333. The highest BCUT2D eigenvalue weighted by Gasteiger charge is 2.51. The predicted molar refractivity (Wildman–Crippen MR) is 117 cm³/mol. The molecule has 1 fully saturated rings. The van der Waals surface area contributed by atoms with E-state index in [2.05, 4.69) is 10.6 Å². The van der Waals surface area contributed by atoms with Gasteiger partial charge in [-0.2, -0.15) is 0 Å². The number of imide groups is 1. The highest BCUT2D eigenvalue weighted by Crippen LogP contribution is 2.39. The third-order valence-electron chi connectivity index (χ3n) is 5.77. The molecule has 1 saturated heterocycles. The molecule has 2 aliphatic rings. The summed E-state index contributed by atoms with van der Waals surface area (Å²) in [6.45, 7) is 1.31. The van der Waals surface area contributed by atoms with E-state index in [9.17, 15) is 19.2 Å². The van der Waals surface area contributed by atoms with E-state index in [4.69, 9.17) is 17.3 Å². The molecule has 4 rings (SSSR count). The number of nitrogens with zero attached hydrogens (tertiary/aromatic N) is 1. The topological polar surface area (TPSA) is 122 Å². The molecule has 162 valence electrons. The zero-order valence-corrected chi connectivity index (χ0v) is 18.4. The van der Waals surface area contributed by atoms with Crippen molar-refractivity contribution in [2.24, 2.45) is 5.73 Å². The zero-order valence-electron chi connectivity index (χ0n) is 16.8. The van der Waals surface area contributed by atoms with Gasteiger partial charge in [0.1, 0.15) is 17.1 Å². The number of thiophene rings is 1. The summed E-state index contributed by atoms with van der Waals surface area (Å²) in [6.07, 6.45) is 2.83. The van der Waals surface area contributed by atoms with Gasteiger partial charge in [-0.1, -0.05) is 30.7 Å². The Morgan fingerprint density at radius 2 is 1.97 bits per heavy atom. The van der Waals surface area contributed by atoms with E-state index >= 15 is 0 Å². The standard InChI is InChI=1S/C21H21ClN4O4S/c1-2-21(11-6-8-12(22)9-7-11)19(29)26(20(30)25-21)10-15(27)24-18-16(17(23)28)13-4-3-5-14(13)31-18/h6-9H,2-5,10H2,1H3,(H2,23,28)(H,24,27)(H,25,30). The number of nitrogens with two attached hydrogens (primary N) is 1. The summed E-state index contributed by atoms with van der Waals surface area (Å²) in [5, 5.41) is 6.27. The largest absolute Gasteiger partial charge is 0.365 e. The molecular formula is C21H21ClN4O4S. The quantitative estimate of drug-likeness (QED) is 0.573. The van der Waals surface area contributed by atoms with Gasteiger partial charge in [0.15, 0.2) is 0 Å². The molecule has 5 amide bonds. The van der Waals surface area contributed by atoms with E-state index in [-0.39, 0.29) is 0 Å². The highest BCUT2D eigenvalue weighted by atomic mass is 35.5. The van der Waals surface area contributed by atoms with E-state index in [0.717, 1.165) is 34.6 Å². The van der Waals surface area contributed by atoms with Gasteiger partial charge in [0.05, 0.1) is 5.56 Å². The van der Waals surface area contributed by atoms with Crippen LogP contribution in [0.2, 0.25) is 5.02 Å². The lowest BCUT2D eigenvalue weighted by Crippen LogP contribution is -2.44. The molecule has 31 heavy (non-hydrogen) atoms. The Labute approximate surface area is 187 Å². The first-order valence-corrected chi connectivity index (χ1v) is 11.1. The number of hydrogen-bond acceptors (Lipinski definition) is 5. The van der Waals surface area contributed by atoms with Crippen molar-refractivity contribution in [3.05, 3.63) is 50.9 Å². The van der Waals surface area contributed by atoms with Gasteiger partial charge >= 0.3 is 6.03 Å². The predicted octanol–water partition coefficient (Wildman–Crippen LogP) is 2.78. The molecule has 4 N–H and O–H groups in total. The van der Waals surface area contributed by atoms with Gasteiger partial charge in [-0.15, -0.1) is 11.3 Å². The van der Waals surface area contributed by atoms with Crippen molar-refractivity contribution in [1.82, 2.24) is 10.2 Å². The summed E-state index contributed by atoms with van der Waals surface area (Å²) >= 11 is 7.26. The number of amides is 5. The number of primary amides is 1. The van der Waals surface area contributed by atoms with Crippen molar-refractivity contribution in [3.8, 4) is 0 Å². The number of aryl methyl sites for hydroxylation is 1. The lowest BCUT2D eigenvalue weighted by atomic mass is 9.87. The molecule has 1 unspecified atom stereocenters. The summed E-state index contributed by atoms with van der Waals surface area (Å²) < 4.78 is 0. The Morgan fingerprint density at radius 1 is 1.26 bits per heavy atom. The average molecular weight is 461 g/mol. The number of benzene rings is 1. The van der Waals surface area contributed by atoms with Gasteiger partial charge in [-0.3, -0.25) is 19.3 Å². The van der Waals surface area contributed by atoms with E-state index < -0.39 is 35.8 Å². The maximum atomic E-state index is 13.2. The van der Waals surface area contributed by atoms with Gasteiger partial charge in [0.25, 0.3) is 11.8 Å². The van der Waals surface area contributed by atoms with Crippen LogP contribution < -0.4 is 16.4 Å². The number of hydrogen-bond donors (Lipinski definition) is 3. The van der Waals surface area contributed by atoms with Crippen LogP contribution in [0.25, 0.3) is 0 Å². The number of urea groups is 1. The number of halogens is 1. The highest BCUT2D eigenvalue weighted by molar-refractivity contribution is 7.17. The van der Waals surface area contributed by atoms with Crippen molar-refractivity contribution in [1.29, 1.82) is 0 Å². The number of rotatable bonds is 6. The lowest BCUT2D eigenvalue weighted by molar-refractivity contribution is -0.134. The second-order valence-electron chi connectivity index (χ2n) is 7.56. The zero-order chi connectivity index (χ0) is 22.3. The molecule has 10 heteroatoms. The summed E-state index contributed by atoms with van der Waals surface area (Å²) in [4.78, 5) is 52.3. The van der Waals surface area contributed by atoms with Crippen LogP contribution in [-0.2, 0) is 28.0 Å². The van der Waals surface area contributed by atoms with Crippen molar-refractivity contribution in [2.45, 2.75) is 38.1 Å². The minimum Gasteiger partial charge on any atom is -0.365 e. The first-order chi connectivity index (χ1) is 14.8. The first-order valence-electron chi connectivity index (χ1n) is 9.91. The van der Waals surface area contributed by atoms with Gasteiger partial charge in [-0.25, -0.2) is 4.79 Å². The molecule has 1 aromatic heterocycles. The minimum absolute atomic E-state index is 0.306. The Bertz CT molecular complexity index is 1100. The van der Waals surface area contributed by atoms with E-state index in [1.165, 1.54) is 11.3 Å². The number of anilines is 1. The van der Waals surface area contributed by atoms with Crippen molar-refractivity contribution >= 4 is 51.7 Å². The third kappa shape index (κ3) is 3.57. The Balaban J connectivity index is 1.54. The van der Waals surface area contributed by atoms with E-state index in [0.29, 0.717) is 27.6 Å². The van der Waals surface area contributed by atoms with Crippen LogP contribution in [0.15, 0.2) is 24.3 Å². The molecule has 2 heterocycles. The lowest BCUT2D eigenvalue weighted by Gasteiger charge is -2.25. The van der Waals surface area contributed by atoms with Crippen LogP contribution in [0.1, 0.15) is 46.1 Å². The Kier molecular flexibility index (Phi) is 5.49. The maximum Gasteiger partial charge on any atom is 0.325 e. The summed E-state index contributed by atoms with van der Waals surface area (Å²) in [5.41, 5.74) is 6.06. The monoisotopic (exact) mass is 460 g/mol. The molecule has 2 aromatic rings. The molecule has 0 radical (unpaired) electrons. The molecule has 1 aliphatic heterocycles. The molecule has 8 nitrogen and oxygen atoms in total. The van der Waals surface area contributed by atoms with Crippen molar-refractivity contribution in [3.63, 3.8) is 0 Å². The molecule has 0 spiro atoms. The molecular weight excluding hydrogens is 440 g/mol. The van der Waals surface area contributed by atoms with Gasteiger partial charge < -0.3 is 16.4 Å². The molecule has 0 saturated carbocycles. The van der Waals surface area contributed by atoms with Crippen molar-refractivity contribution < 1.29 is 19.2 Å². The fourth-order valence-corrected chi connectivity index (χ4v) is 5.64. The summed E-state index contributed by atoms with van der Waals surface area (Å²) in [7, 11) is 0. The van der Waals surface area contributed by atoms with Crippen LogP contribution in [0.4, 0.5) is 9.80 Å². The number of fused-ring (bicyclic) bond motifs is 1. The number of carbonyl (C=O) groups excluding carboxylic acids is 4. The van der Waals surface area contributed by atoms with Crippen LogP contribution >= 0.6 is 22.9 Å². The third-order valence-corrected chi connectivity index (χ3v) is 7.22. The van der Waals surface area contributed by atoms with Crippen molar-refractivity contribution in [2.75, 3.05) is 11.9 Å². The SMILES string of the molecule is CCC1(c2ccc(Cl)cc2)NC(=O)N(CC(=O)Nc2sc3c(c2C(N)=O)CCC3)C1=O. The summed E-state index contributed by atoms with van der Waals surface area (Å²) in [5.74, 6) is -1.69. The fourth-order valence-electron chi connectivity index (χ4n) is 4.21. The van der Waals surface area contributed by atoms with E-state index in [1.54, 1.807) is 31.2 Å². The second kappa shape index (κ2) is 7.97. The smallest absolute Gasteiger partial charge is 0.325 e. The minimum atomic E-state index is -1.26. The first kappa shape index (κ1) is 21.3.